The van der Waals surface area contributed by atoms with Crippen molar-refractivity contribution in [1.29, 1.82) is 0 Å². The zero-order chi connectivity index (χ0) is 15.3. The van der Waals surface area contributed by atoms with Crippen LogP contribution in [0.1, 0.15) is 73.1 Å². The Bertz CT molecular complexity index is 338. The van der Waals surface area contributed by atoms with Crippen LogP contribution < -0.4 is 5.32 Å². The van der Waals surface area contributed by atoms with Gasteiger partial charge in [0.05, 0.1) is 12.5 Å². The Morgan fingerprint density at radius 2 is 1.60 bits per heavy atom. The highest BCUT2D eigenvalue weighted by atomic mass is 16.2. The first kappa shape index (κ1) is 17.2. The van der Waals surface area contributed by atoms with Gasteiger partial charge < -0.3 is 0 Å². The van der Waals surface area contributed by atoms with Crippen molar-refractivity contribution < 1.29 is 9.59 Å². The first-order chi connectivity index (χ1) is 9.48. The van der Waals surface area contributed by atoms with Crippen LogP contribution in [0.25, 0.3) is 0 Å². The van der Waals surface area contributed by atoms with Gasteiger partial charge in [-0.2, -0.15) is 0 Å². The number of hydrogen-bond acceptors (Lipinski definition) is 3. The van der Waals surface area contributed by atoms with Crippen molar-refractivity contribution in [2.24, 2.45) is 0 Å². The Morgan fingerprint density at radius 3 is 2.00 bits per heavy atom. The van der Waals surface area contributed by atoms with E-state index >= 15 is 0 Å². The van der Waals surface area contributed by atoms with E-state index in [0.717, 1.165) is 32.1 Å². The second kappa shape index (κ2) is 7.21. The average molecular weight is 282 g/mol. The van der Waals surface area contributed by atoms with Gasteiger partial charge in [0, 0.05) is 11.6 Å². The molecule has 1 fully saturated rings. The lowest BCUT2D eigenvalue weighted by atomic mass is 9.88. The molecule has 4 heteroatoms. The third kappa shape index (κ3) is 3.22. The van der Waals surface area contributed by atoms with Crippen molar-refractivity contribution in [2.45, 2.75) is 90.8 Å². The second-order valence-corrected chi connectivity index (χ2v) is 5.81. The number of carbonyl (C=O) groups is 2. The summed E-state index contributed by atoms with van der Waals surface area (Å²) in [5, 5.41) is 3.48. The summed E-state index contributed by atoms with van der Waals surface area (Å²) in [5.74, 6) is -0.0400. The Morgan fingerprint density at radius 1 is 1.10 bits per heavy atom. The minimum absolute atomic E-state index is 0.0154. The van der Waals surface area contributed by atoms with Gasteiger partial charge in [-0.05, 0) is 32.1 Å². The number of nitrogens with zero attached hydrogens (tertiary/aromatic N) is 1. The number of rotatable bonds is 8. The van der Waals surface area contributed by atoms with Crippen molar-refractivity contribution >= 4 is 11.8 Å². The largest absolute Gasteiger partial charge is 0.300 e. The third-order valence-corrected chi connectivity index (χ3v) is 5.00. The van der Waals surface area contributed by atoms with Crippen molar-refractivity contribution in [3.8, 4) is 0 Å². The number of likely N-dealkylation sites (tertiary alicyclic amines) is 1. The normalized spacial score (nSPS) is 20.3. The predicted octanol–water partition coefficient (Wildman–Crippen LogP) is 2.86. The highest BCUT2D eigenvalue weighted by molar-refractivity contribution is 6.05. The van der Waals surface area contributed by atoms with Crippen molar-refractivity contribution in [3.63, 3.8) is 0 Å². The standard InChI is InChI=1S/C16H30N2O2/c1-6-12(7-2)18-14(19)11-13(15(18)20)17-16(8-3,9-4)10-5/h12-13,17H,6-11H2,1-5H3. The number of imide groups is 1. The fourth-order valence-electron chi connectivity index (χ4n) is 3.23. The van der Waals surface area contributed by atoms with Gasteiger partial charge in [-0.3, -0.25) is 19.8 Å². The molecule has 1 heterocycles. The minimum Gasteiger partial charge on any atom is -0.300 e. The van der Waals surface area contributed by atoms with Gasteiger partial charge in [0.1, 0.15) is 0 Å². The van der Waals surface area contributed by atoms with E-state index in [-0.39, 0.29) is 29.4 Å². The van der Waals surface area contributed by atoms with Crippen LogP contribution in [0.15, 0.2) is 0 Å². The molecule has 20 heavy (non-hydrogen) atoms. The summed E-state index contributed by atoms with van der Waals surface area (Å²) in [6.07, 6.45) is 4.91. The molecule has 1 unspecified atom stereocenters. The molecule has 2 amide bonds. The zero-order valence-corrected chi connectivity index (χ0v) is 13.7. The van der Waals surface area contributed by atoms with Crippen LogP contribution in [0.4, 0.5) is 0 Å². The molecule has 0 bridgehead atoms. The predicted molar refractivity (Wildman–Crippen MR) is 81.4 cm³/mol. The molecule has 0 radical (unpaired) electrons. The summed E-state index contributed by atoms with van der Waals surface area (Å²) in [6.45, 7) is 10.5. The van der Waals surface area contributed by atoms with Crippen LogP contribution >= 0.6 is 0 Å². The topological polar surface area (TPSA) is 49.4 Å². The van der Waals surface area contributed by atoms with Gasteiger partial charge >= 0.3 is 0 Å². The Hall–Kier alpha value is -0.900. The molecule has 0 spiro atoms. The van der Waals surface area contributed by atoms with Gasteiger partial charge in [-0.1, -0.05) is 34.6 Å². The van der Waals surface area contributed by atoms with Crippen LogP contribution in [0.5, 0.6) is 0 Å². The SMILES string of the molecule is CCC(CC)N1C(=O)CC(NC(CC)(CC)CC)C1=O. The summed E-state index contributed by atoms with van der Waals surface area (Å²) in [5.41, 5.74) is -0.0233. The fraction of sp³-hybridized carbons (Fsp3) is 0.875. The molecule has 1 saturated heterocycles. The molecule has 1 aliphatic heterocycles. The summed E-state index contributed by atoms with van der Waals surface area (Å²) in [6, 6.07) is -0.274. The smallest absolute Gasteiger partial charge is 0.247 e. The molecule has 0 saturated carbocycles. The number of nitrogens with one attached hydrogen (secondary N) is 1. The zero-order valence-electron chi connectivity index (χ0n) is 13.7. The Labute approximate surface area is 123 Å². The lowest BCUT2D eigenvalue weighted by Crippen LogP contribution is -2.52. The van der Waals surface area contributed by atoms with Crippen LogP contribution in [0, 0.1) is 0 Å². The van der Waals surface area contributed by atoms with Crippen molar-refractivity contribution in [2.75, 3.05) is 0 Å². The summed E-state index contributed by atoms with van der Waals surface area (Å²) >= 11 is 0. The van der Waals surface area contributed by atoms with Gasteiger partial charge in [0.15, 0.2) is 0 Å². The van der Waals surface area contributed by atoms with E-state index in [1.54, 1.807) is 0 Å². The van der Waals surface area contributed by atoms with Gasteiger partial charge in [0.25, 0.3) is 0 Å². The van der Waals surface area contributed by atoms with E-state index in [4.69, 9.17) is 0 Å². The van der Waals surface area contributed by atoms with E-state index < -0.39 is 0 Å². The molecule has 0 aromatic carbocycles. The lowest BCUT2D eigenvalue weighted by Gasteiger charge is -2.34. The van der Waals surface area contributed by atoms with E-state index in [0.29, 0.717) is 6.42 Å². The van der Waals surface area contributed by atoms with Crippen LogP contribution in [-0.4, -0.2) is 34.3 Å². The second-order valence-electron chi connectivity index (χ2n) is 5.81. The van der Waals surface area contributed by atoms with Gasteiger partial charge in [-0.25, -0.2) is 0 Å². The van der Waals surface area contributed by atoms with Gasteiger partial charge in [-0.15, -0.1) is 0 Å². The fourth-order valence-corrected chi connectivity index (χ4v) is 3.23. The average Bonchev–Trinajstić information content (AvgIpc) is 2.74. The maximum absolute atomic E-state index is 12.5. The summed E-state index contributed by atoms with van der Waals surface area (Å²) < 4.78 is 0. The first-order valence-corrected chi connectivity index (χ1v) is 8.12. The van der Waals surface area contributed by atoms with E-state index in [1.165, 1.54) is 4.90 Å². The molecule has 1 N–H and O–H groups in total. The molecule has 1 aliphatic rings. The Kier molecular flexibility index (Phi) is 6.18. The minimum atomic E-state index is -0.331. The van der Waals surface area contributed by atoms with Crippen molar-refractivity contribution in [1.82, 2.24) is 10.2 Å². The molecule has 4 nitrogen and oxygen atoms in total. The van der Waals surface area contributed by atoms with Crippen LogP contribution in [0.3, 0.4) is 0 Å². The van der Waals surface area contributed by atoms with Crippen molar-refractivity contribution in [3.05, 3.63) is 0 Å². The molecular formula is C16H30N2O2. The molecular weight excluding hydrogens is 252 g/mol. The molecule has 0 aromatic heterocycles. The highest BCUT2D eigenvalue weighted by Gasteiger charge is 2.43. The van der Waals surface area contributed by atoms with E-state index in [2.05, 4.69) is 26.1 Å². The highest BCUT2D eigenvalue weighted by Crippen LogP contribution is 2.26. The van der Waals surface area contributed by atoms with E-state index in [9.17, 15) is 9.59 Å². The number of hydrogen-bond donors (Lipinski definition) is 1. The molecule has 0 aliphatic carbocycles. The molecule has 116 valence electrons. The van der Waals surface area contributed by atoms with Crippen LogP contribution in [-0.2, 0) is 9.59 Å². The third-order valence-electron chi connectivity index (χ3n) is 5.00. The maximum atomic E-state index is 12.5. The monoisotopic (exact) mass is 282 g/mol. The first-order valence-electron chi connectivity index (χ1n) is 8.12. The Balaban J connectivity index is 2.85. The maximum Gasteiger partial charge on any atom is 0.247 e. The molecule has 1 atom stereocenters. The summed E-state index contributed by atoms with van der Waals surface area (Å²) in [7, 11) is 0. The molecule has 1 rings (SSSR count). The number of amides is 2. The molecule has 0 aromatic rings. The van der Waals surface area contributed by atoms with Crippen LogP contribution in [0.2, 0.25) is 0 Å². The quantitative estimate of drug-likeness (QED) is 0.696. The lowest BCUT2D eigenvalue weighted by molar-refractivity contribution is -0.141. The van der Waals surface area contributed by atoms with Gasteiger partial charge in [0.2, 0.25) is 11.8 Å². The van der Waals surface area contributed by atoms with E-state index in [1.807, 2.05) is 13.8 Å². The summed E-state index contributed by atoms with van der Waals surface area (Å²) in [4.78, 5) is 26.2. The number of carbonyl (C=O) groups excluding carboxylic acids is 2.